The zero-order valence-corrected chi connectivity index (χ0v) is 10.2. The second-order valence-corrected chi connectivity index (χ2v) is 4.69. The third-order valence-electron chi connectivity index (χ3n) is 3.55. The second kappa shape index (κ2) is 4.38. The van der Waals surface area contributed by atoms with E-state index in [-0.39, 0.29) is 0 Å². The highest BCUT2D eigenvalue weighted by molar-refractivity contribution is 5.96. The van der Waals surface area contributed by atoms with Gasteiger partial charge in [-0.05, 0) is 23.9 Å². The number of benzene rings is 2. The summed E-state index contributed by atoms with van der Waals surface area (Å²) in [6, 6.07) is 13.2. The van der Waals surface area contributed by atoms with Crippen molar-refractivity contribution >= 4 is 16.5 Å². The van der Waals surface area contributed by atoms with Gasteiger partial charge < -0.3 is 10.2 Å². The lowest BCUT2D eigenvalue weighted by molar-refractivity contribution is 0.590. The third kappa shape index (κ3) is 1.89. The molecule has 0 bridgehead atoms. The Labute approximate surface area is 102 Å². The zero-order valence-electron chi connectivity index (χ0n) is 10.2. The predicted molar refractivity (Wildman–Crippen MR) is 73.8 cm³/mol. The van der Waals surface area contributed by atoms with E-state index in [2.05, 4.69) is 53.5 Å². The van der Waals surface area contributed by atoms with Gasteiger partial charge in [0.15, 0.2) is 0 Å². The van der Waals surface area contributed by atoms with Gasteiger partial charge in [-0.2, -0.15) is 0 Å². The number of nitrogens with zero attached hydrogens (tertiary/aromatic N) is 1. The fourth-order valence-corrected chi connectivity index (χ4v) is 2.67. The summed E-state index contributed by atoms with van der Waals surface area (Å²) in [4.78, 5) is 2.49. The lowest BCUT2D eigenvalue weighted by Gasteiger charge is -2.30. The molecular formula is C15H18N2. The molecule has 1 heterocycles. The van der Waals surface area contributed by atoms with Crippen molar-refractivity contribution in [3.63, 3.8) is 0 Å². The highest BCUT2D eigenvalue weighted by Crippen LogP contribution is 2.29. The summed E-state index contributed by atoms with van der Waals surface area (Å²) in [7, 11) is 0. The molecule has 1 aliphatic heterocycles. The van der Waals surface area contributed by atoms with Crippen LogP contribution in [0.4, 0.5) is 5.69 Å². The van der Waals surface area contributed by atoms with Crippen LogP contribution in [0.15, 0.2) is 36.4 Å². The standard InChI is InChI=1S/C15H18N2/c1-12-4-2-5-13-6-3-7-14(15(12)13)17-10-8-16-9-11-17/h2-7,16H,8-11H2,1H3. The van der Waals surface area contributed by atoms with E-state index in [4.69, 9.17) is 0 Å². The molecule has 0 spiro atoms. The normalized spacial score (nSPS) is 16.4. The zero-order chi connectivity index (χ0) is 11.7. The molecule has 1 N–H and O–H groups in total. The van der Waals surface area contributed by atoms with E-state index < -0.39 is 0 Å². The molecule has 88 valence electrons. The van der Waals surface area contributed by atoms with E-state index >= 15 is 0 Å². The van der Waals surface area contributed by atoms with Crippen LogP contribution in [-0.4, -0.2) is 26.2 Å². The molecule has 2 aromatic carbocycles. The first-order valence-electron chi connectivity index (χ1n) is 6.30. The highest BCUT2D eigenvalue weighted by Gasteiger charge is 2.13. The van der Waals surface area contributed by atoms with Crippen LogP contribution in [0.3, 0.4) is 0 Å². The molecule has 17 heavy (non-hydrogen) atoms. The monoisotopic (exact) mass is 226 g/mol. The van der Waals surface area contributed by atoms with Gasteiger partial charge >= 0.3 is 0 Å². The van der Waals surface area contributed by atoms with Gasteiger partial charge in [0.25, 0.3) is 0 Å². The van der Waals surface area contributed by atoms with Gasteiger partial charge in [0, 0.05) is 37.3 Å². The van der Waals surface area contributed by atoms with Gasteiger partial charge in [-0.3, -0.25) is 0 Å². The number of fused-ring (bicyclic) bond motifs is 1. The number of piperazine rings is 1. The summed E-state index contributed by atoms with van der Waals surface area (Å²) in [5.74, 6) is 0. The Kier molecular flexibility index (Phi) is 2.73. The largest absolute Gasteiger partial charge is 0.368 e. The molecule has 0 saturated carbocycles. The van der Waals surface area contributed by atoms with Crippen molar-refractivity contribution in [2.75, 3.05) is 31.1 Å². The second-order valence-electron chi connectivity index (χ2n) is 4.69. The summed E-state index contributed by atoms with van der Waals surface area (Å²) in [6.45, 7) is 6.58. The Morgan fingerprint density at radius 2 is 1.71 bits per heavy atom. The fourth-order valence-electron chi connectivity index (χ4n) is 2.67. The van der Waals surface area contributed by atoms with Crippen molar-refractivity contribution in [3.8, 4) is 0 Å². The highest BCUT2D eigenvalue weighted by atomic mass is 15.2. The van der Waals surface area contributed by atoms with Gasteiger partial charge in [0.05, 0.1) is 0 Å². The maximum atomic E-state index is 3.41. The Morgan fingerprint density at radius 3 is 2.47 bits per heavy atom. The molecule has 1 aliphatic rings. The third-order valence-corrected chi connectivity index (χ3v) is 3.55. The van der Waals surface area contributed by atoms with Gasteiger partial charge in [0.1, 0.15) is 0 Å². The molecule has 0 atom stereocenters. The van der Waals surface area contributed by atoms with Crippen molar-refractivity contribution in [2.45, 2.75) is 6.92 Å². The summed E-state index contributed by atoms with van der Waals surface area (Å²) in [5, 5.41) is 6.17. The molecule has 0 radical (unpaired) electrons. The number of aryl methyl sites for hydroxylation is 1. The Morgan fingerprint density at radius 1 is 1.00 bits per heavy atom. The van der Waals surface area contributed by atoms with Crippen LogP contribution in [0.1, 0.15) is 5.56 Å². The van der Waals surface area contributed by atoms with E-state index in [0.29, 0.717) is 0 Å². The average molecular weight is 226 g/mol. The van der Waals surface area contributed by atoms with Crippen LogP contribution in [0.25, 0.3) is 10.8 Å². The van der Waals surface area contributed by atoms with Crippen molar-refractivity contribution in [1.29, 1.82) is 0 Å². The number of nitrogens with one attached hydrogen (secondary N) is 1. The Balaban J connectivity index is 2.14. The molecule has 1 fully saturated rings. The van der Waals surface area contributed by atoms with Crippen molar-refractivity contribution < 1.29 is 0 Å². The van der Waals surface area contributed by atoms with Crippen LogP contribution < -0.4 is 10.2 Å². The number of rotatable bonds is 1. The molecule has 2 aromatic rings. The van der Waals surface area contributed by atoms with Gasteiger partial charge in [-0.25, -0.2) is 0 Å². The number of anilines is 1. The van der Waals surface area contributed by atoms with E-state index in [9.17, 15) is 0 Å². The average Bonchev–Trinajstić information content (AvgIpc) is 2.39. The van der Waals surface area contributed by atoms with E-state index in [1.807, 2.05) is 0 Å². The van der Waals surface area contributed by atoms with Crippen LogP contribution in [-0.2, 0) is 0 Å². The summed E-state index contributed by atoms with van der Waals surface area (Å²) >= 11 is 0. The van der Waals surface area contributed by atoms with Gasteiger partial charge in [-0.15, -0.1) is 0 Å². The van der Waals surface area contributed by atoms with E-state index in [1.165, 1.54) is 22.0 Å². The van der Waals surface area contributed by atoms with Crippen LogP contribution in [0.2, 0.25) is 0 Å². The molecule has 0 unspecified atom stereocenters. The molecule has 0 amide bonds. The number of hydrogen-bond acceptors (Lipinski definition) is 2. The topological polar surface area (TPSA) is 15.3 Å². The molecular weight excluding hydrogens is 208 g/mol. The van der Waals surface area contributed by atoms with Crippen molar-refractivity contribution in [1.82, 2.24) is 5.32 Å². The lowest BCUT2D eigenvalue weighted by atomic mass is 10.0. The fraction of sp³-hybridized carbons (Fsp3) is 0.333. The molecule has 2 nitrogen and oxygen atoms in total. The van der Waals surface area contributed by atoms with E-state index in [1.54, 1.807) is 0 Å². The smallest absolute Gasteiger partial charge is 0.0449 e. The molecule has 0 aromatic heterocycles. The minimum atomic E-state index is 1.09. The maximum absolute atomic E-state index is 3.41. The van der Waals surface area contributed by atoms with Crippen molar-refractivity contribution in [2.24, 2.45) is 0 Å². The van der Waals surface area contributed by atoms with Crippen LogP contribution in [0.5, 0.6) is 0 Å². The Hall–Kier alpha value is -1.54. The predicted octanol–water partition coefficient (Wildman–Crippen LogP) is 2.56. The lowest BCUT2D eigenvalue weighted by Crippen LogP contribution is -2.43. The van der Waals surface area contributed by atoms with Crippen molar-refractivity contribution in [3.05, 3.63) is 42.0 Å². The Bertz CT molecular complexity index is 522. The molecule has 2 heteroatoms. The summed E-state index contributed by atoms with van der Waals surface area (Å²) in [6.07, 6.45) is 0. The first-order chi connectivity index (χ1) is 8.36. The SMILES string of the molecule is Cc1cccc2cccc(N3CCNCC3)c12. The van der Waals surface area contributed by atoms with Crippen LogP contribution >= 0.6 is 0 Å². The molecule has 1 saturated heterocycles. The maximum Gasteiger partial charge on any atom is 0.0449 e. The summed E-state index contributed by atoms with van der Waals surface area (Å²) < 4.78 is 0. The van der Waals surface area contributed by atoms with Gasteiger partial charge in [0.2, 0.25) is 0 Å². The first-order valence-corrected chi connectivity index (χ1v) is 6.30. The van der Waals surface area contributed by atoms with Crippen LogP contribution in [0, 0.1) is 6.92 Å². The summed E-state index contributed by atoms with van der Waals surface area (Å²) in [5.41, 5.74) is 2.76. The van der Waals surface area contributed by atoms with E-state index in [0.717, 1.165) is 26.2 Å². The quantitative estimate of drug-likeness (QED) is 0.804. The molecule has 3 rings (SSSR count). The minimum Gasteiger partial charge on any atom is -0.368 e. The minimum absolute atomic E-state index is 1.09. The first kappa shape index (κ1) is 10.6. The molecule has 0 aliphatic carbocycles. The van der Waals surface area contributed by atoms with Gasteiger partial charge in [-0.1, -0.05) is 30.3 Å². The number of hydrogen-bond donors (Lipinski definition) is 1.